The van der Waals surface area contributed by atoms with Crippen LogP contribution >= 0.6 is 0 Å². The van der Waals surface area contributed by atoms with E-state index in [1.807, 2.05) is 0 Å². The largest absolute Gasteiger partial charge is 0.481 e. The Morgan fingerprint density at radius 3 is 2.96 bits per heavy atom. The van der Waals surface area contributed by atoms with Crippen molar-refractivity contribution in [1.29, 1.82) is 0 Å². The Balaban J connectivity index is 1.56. The summed E-state index contributed by atoms with van der Waals surface area (Å²) in [6, 6.07) is 9.37. The van der Waals surface area contributed by atoms with Gasteiger partial charge in [-0.25, -0.2) is 4.39 Å². The molecule has 1 saturated heterocycles. The van der Waals surface area contributed by atoms with Gasteiger partial charge in [0.25, 0.3) is 5.91 Å². The van der Waals surface area contributed by atoms with E-state index >= 15 is 0 Å². The second-order valence-corrected chi connectivity index (χ2v) is 5.87. The molecule has 24 heavy (non-hydrogen) atoms. The quantitative estimate of drug-likeness (QED) is 0.883. The van der Waals surface area contributed by atoms with Gasteiger partial charge in [-0.05, 0) is 37.1 Å². The summed E-state index contributed by atoms with van der Waals surface area (Å²) in [5, 5.41) is 10.2. The molecule has 0 radical (unpaired) electrons. The average molecular weight is 333 g/mol. The molecule has 1 amide bonds. The van der Waals surface area contributed by atoms with Crippen molar-refractivity contribution in [3.05, 3.63) is 54.2 Å². The highest BCUT2D eigenvalue weighted by Crippen LogP contribution is 2.28. The lowest BCUT2D eigenvalue weighted by molar-refractivity contribution is -0.134. The maximum absolute atomic E-state index is 13.5. The number of carbonyl (C=O) groups is 1. The van der Waals surface area contributed by atoms with E-state index in [0.717, 1.165) is 12.8 Å². The molecule has 0 spiro atoms. The molecule has 3 rings (SSSR count). The van der Waals surface area contributed by atoms with Crippen LogP contribution < -0.4 is 4.74 Å². The molecule has 0 aliphatic carbocycles. The summed E-state index contributed by atoms with van der Waals surface area (Å²) in [6.45, 7) is 0.406. The predicted molar refractivity (Wildman–Crippen MR) is 84.9 cm³/mol. The number of benzene rings is 1. The van der Waals surface area contributed by atoms with E-state index < -0.39 is 11.9 Å². The summed E-state index contributed by atoms with van der Waals surface area (Å²) in [4.78, 5) is 14.1. The molecule has 2 unspecified atom stereocenters. The average Bonchev–Trinajstić information content (AvgIpc) is 3.25. The van der Waals surface area contributed by atoms with Gasteiger partial charge in [0.15, 0.2) is 18.2 Å². The number of aliphatic hydroxyl groups excluding tert-OH is 1. The predicted octanol–water partition coefficient (Wildman–Crippen LogP) is 2.91. The van der Waals surface area contributed by atoms with Crippen LogP contribution in [0.3, 0.4) is 0 Å². The minimum atomic E-state index is -0.745. The van der Waals surface area contributed by atoms with E-state index in [1.165, 1.54) is 18.4 Å². The van der Waals surface area contributed by atoms with Gasteiger partial charge in [0.1, 0.15) is 11.9 Å². The van der Waals surface area contributed by atoms with Crippen molar-refractivity contribution in [2.24, 2.45) is 0 Å². The SMILES string of the molecule is O=C(COc1ccccc1F)N1CCCC1CC(O)c1ccco1. The molecular formula is C18H20FNO4. The molecule has 1 fully saturated rings. The summed E-state index contributed by atoms with van der Waals surface area (Å²) in [5.74, 6) is -0.127. The zero-order valence-corrected chi connectivity index (χ0v) is 13.2. The van der Waals surface area contributed by atoms with Crippen molar-refractivity contribution in [2.75, 3.05) is 13.2 Å². The van der Waals surface area contributed by atoms with Crippen LogP contribution in [-0.4, -0.2) is 35.1 Å². The number of amides is 1. The number of carbonyl (C=O) groups excluding carboxylic acids is 1. The zero-order valence-electron chi connectivity index (χ0n) is 13.2. The summed E-state index contributed by atoms with van der Waals surface area (Å²) >= 11 is 0. The maximum atomic E-state index is 13.5. The molecule has 6 heteroatoms. The summed E-state index contributed by atoms with van der Waals surface area (Å²) in [7, 11) is 0. The first-order valence-corrected chi connectivity index (χ1v) is 8.03. The van der Waals surface area contributed by atoms with Crippen LogP contribution in [-0.2, 0) is 4.79 Å². The number of aliphatic hydroxyl groups is 1. The summed E-state index contributed by atoms with van der Waals surface area (Å²) < 4.78 is 24.0. The van der Waals surface area contributed by atoms with Crippen LogP contribution in [0.25, 0.3) is 0 Å². The molecule has 2 heterocycles. The van der Waals surface area contributed by atoms with Crippen LogP contribution in [0.1, 0.15) is 31.1 Å². The fourth-order valence-electron chi connectivity index (χ4n) is 3.05. The zero-order chi connectivity index (χ0) is 16.9. The third-order valence-corrected chi connectivity index (χ3v) is 4.25. The van der Waals surface area contributed by atoms with Crippen LogP contribution in [0.15, 0.2) is 47.1 Å². The highest BCUT2D eigenvalue weighted by atomic mass is 19.1. The van der Waals surface area contributed by atoms with Crippen molar-refractivity contribution in [1.82, 2.24) is 4.90 Å². The van der Waals surface area contributed by atoms with Gasteiger partial charge in [-0.1, -0.05) is 12.1 Å². The monoisotopic (exact) mass is 333 g/mol. The topological polar surface area (TPSA) is 62.9 Å². The fraction of sp³-hybridized carbons (Fsp3) is 0.389. The molecular weight excluding hydrogens is 313 g/mol. The van der Waals surface area contributed by atoms with Crippen molar-refractivity contribution in [3.8, 4) is 5.75 Å². The number of hydrogen-bond acceptors (Lipinski definition) is 4. The van der Waals surface area contributed by atoms with E-state index in [2.05, 4.69) is 0 Å². The van der Waals surface area contributed by atoms with Crippen LogP contribution in [0.5, 0.6) is 5.75 Å². The second-order valence-electron chi connectivity index (χ2n) is 5.87. The molecule has 5 nitrogen and oxygen atoms in total. The van der Waals surface area contributed by atoms with Crippen molar-refractivity contribution in [2.45, 2.75) is 31.4 Å². The number of nitrogens with zero attached hydrogens (tertiary/aromatic N) is 1. The van der Waals surface area contributed by atoms with Crippen molar-refractivity contribution < 1.29 is 23.4 Å². The third-order valence-electron chi connectivity index (χ3n) is 4.25. The van der Waals surface area contributed by atoms with Crippen LogP contribution in [0.4, 0.5) is 4.39 Å². The first-order valence-electron chi connectivity index (χ1n) is 8.03. The van der Waals surface area contributed by atoms with E-state index in [-0.39, 0.29) is 24.3 Å². The van der Waals surface area contributed by atoms with Crippen molar-refractivity contribution >= 4 is 5.91 Å². The van der Waals surface area contributed by atoms with Gasteiger partial charge in [-0.3, -0.25) is 4.79 Å². The van der Waals surface area contributed by atoms with E-state index in [0.29, 0.717) is 18.7 Å². The number of ether oxygens (including phenoxy) is 1. The fourth-order valence-corrected chi connectivity index (χ4v) is 3.05. The lowest BCUT2D eigenvalue weighted by Gasteiger charge is -2.26. The highest BCUT2D eigenvalue weighted by Gasteiger charge is 2.31. The Morgan fingerprint density at radius 1 is 1.38 bits per heavy atom. The lowest BCUT2D eigenvalue weighted by Crippen LogP contribution is -2.39. The number of para-hydroxylation sites is 1. The third kappa shape index (κ3) is 3.76. The van der Waals surface area contributed by atoms with Gasteiger partial charge >= 0.3 is 0 Å². The second kappa shape index (κ2) is 7.49. The molecule has 0 saturated carbocycles. The van der Waals surface area contributed by atoms with E-state index in [4.69, 9.17) is 9.15 Å². The Morgan fingerprint density at radius 2 is 2.21 bits per heavy atom. The first kappa shape index (κ1) is 16.5. The van der Waals surface area contributed by atoms with Crippen LogP contribution in [0.2, 0.25) is 0 Å². The molecule has 128 valence electrons. The first-order chi connectivity index (χ1) is 11.6. The molecule has 1 aliphatic rings. The number of furan rings is 1. The molecule has 2 atom stereocenters. The number of hydrogen-bond donors (Lipinski definition) is 1. The van der Waals surface area contributed by atoms with Gasteiger partial charge < -0.3 is 19.2 Å². The standard InChI is InChI=1S/C18H20FNO4/c19-14-6-1-2-7-16(14)24-12-18(22)20-9-3-5-13(20)11-15(21)17-8-4-10-23-17/h1-2,4,6-8,10,13,15,21H,3,5,9,11-12H2. The number of rotatable bonds is 6. The number of likely N-dealkylation sites (tertiary alicyclic amines) is 1. The Hall–Kier alpha value is -2.34. The summed E-state index contributed by atoms with van der Waals surface area (Å²) in [5.41, 5.74) is 0. The Labute approximate surface area is 139 Å². The van der Waals surface area contributed by atoms with Gasteiger partial charge in [-0.15, -0.1) is 0 Å². The molecule has 1 aliphatic heterocycles. The van der Waals surface area contributed by atoms with Gasteiger partial charge in [-0.2, -0.15) is 0 Å². The molecule has 1 aromatic heterocycles. The smallest absolute Gasteiger partial charge is 0.260 e. The maximum Gasteiger partial charge on any atom is 0.260 e. The lowest BCUT2D eigenvalue weighted by atomic mass is 10.1. The Kier molecular flexibility index (Phi) is 5.15. The Bertz CT molecular complexity index is 673. The molecule has 2 aromatic rings. The molecule has 0 bridgehead atoms. The minimum absolute atomic E-state index is 0.0669. The van der Waals surface area contributed by atoms with Crippen LogP contribution in [0, 0.1) is 5.82 Å². The van der Waals surface area contributed by atoms with Gasteiger partial charge in [0.05, 0.1) is 6.26 Å². The van der Waals surface area contributed by atoms with Gasteiger partial charge in [0.2, 0.25) is 0 Å². The van der Waals surface area contributed by atoms with E-state index in [9.17, 15) is 14.3 Å². The normalized spacial score (nSPS) is 18.6. The van der Waals surface area contributed by atoms with Crippen molar-refractivity contribution in [3.63, 3.8) is 0 Å². The summed E-state index contributed by atoms with van der Waals surface area (Å²) in [6.07, 6.45) is 2.88. The molecule has 1 N–H and O–H groups in total. The van der Waals surface area contributed by atoms with E-state index in [1.54, 1.807) is 29.2 Å². The minimum Gasteiger partial charge on any atom is -0.481 e. The highest BCUT2D eigenvalue weighted by molar-refractivity contribution is 5.78. The number of halogens is 1. The van der Waals surface area contributed by atoms with Gasteiger partial charge in [0, 0.05) is 19.0 Å². The molecule has 1 aromatic carbocycles.